The number of nitrogens with one attached hydrogen (secondary N) is 4. The molecule has 17 heterocycles. The van der Waals surface area contributed by atoms with Crippen molar-refractivity contribution in [3.8, 4) is 0 Å². The summed E-state index contributed by atoms with van der Waals surface area (Å²) in [7, 11) is 7.92. The van der Waals surface area contributed by atoms with Crippen LogP contribution in [0.1, 0.15) is 265 Å². The smallest absolute Gasteiger partial charge is 0.343 e. The summed E-state index contributed by atoms with van der Waals surface area (Å²) in [5.41, 5.74) is 17.7. The van der Waals surface area contributed by atoms with E-state index in [4.69, 9.17) is 4.52 Å². The van der Waals surface area contributed by atoms with Gasteiger partial charge in [-0.15, -0.1) is 10.2 Å². The van der Waals surface area contributed by atoms with Crippen molar-refractivity contribution in [2.75, 3.05) is 78.5 Å². The van der Waals surface area contributed by atoms with Crippen LogP contribution < -0.4 is 22.4 Å². The maximum absolute atomic E-state index is 11.5. The van der Waals surface area contributed by atoms with E-state index in [9.17, 15) is 19.2 Å². The van der Waals surface area contributed by atoms with Crippen LogP contribution >= 0.6 is 0 Å². The highest BCUT2D eigenvalue weighted by atomic mass is 19.0. The van der Waals surface area contributed by atoms with Crippen molar-refractivity contribution in [2.45, 2.75) is 346 Å². The molecular formula is C92H166FN25O5. The number of aromatic nitrogens is 15. The number of aromatic amines is 4. The molecule has 31 heteroatoms. The topological polar surface area (TPSA) is 280 Å². The van der Waals surface area contributed by atoms with Crippen LogP contribution in [0.15, 0.2) is 52.0 Å². The predicted molar refractivity (Wildman–Crippen MR) is 501 cm³/mol. The van der Waals surface area contributed by atoms with Crippen molar-refractivity contribution in [3.63, 3.8) is 0 Å². The van der Waals surface area contributed by atoms with Crippen LogP contribution in [0, 0.1) is 20.8 Å². The molecular weight excluding hydrogens is 1550 g/mol. The van der Waals surface area contributed by atoms with E-state index in [2.05, 4.69) is 271 Å². The lowest BCUT2D eigenvalue weighted by atomic mass is 9.98. The molecule has 10 aliphatic rings. The minimum absolute atomic E-state index is 0. The van der Waals surface area contributed by atoms with Crippen LogP contribution in [0.2, 0.25) is 0 Å². The van der Waals surface area contributed by atoms with Crippen molar-refractivity contribution >= 4 is 5.71 Å². The average molecular weight is 1720 g/mol. The van der Waals surface area contributed by atoms with Crippen molar-refractivity contribution in [3.05, 3.63) is 150 Å². The zero-order valence-corrected chi connectivity index (χ0v) is 81.0. The highest BCUT2D eigenvalue weighted by molar-refractivity contribution is 6.01. The summed E-state index contributed by atoms with van der Waals surface area (Å²) in [6.07, 6.45) is 11.9. The molecule has 0 aromatic carbocycles. The maximum atomic E-state index is 11.5. The Hall–Kier alpha value is -7.75. The molecule has 17 rings (SSSR count). The van der Waals surface area contributed by atoms with Crippen LogP contribution in [-0.2, 0) is 119 Å². The first kappa shape index (κ1) is 106. The molecule has 0 bridgehead atoms. The molecule has 0 spiro atoms. The van der Waals surface area contributed by atoms with Crippen LogP contribution in [-0.4, -0.2) is 257 Å². The van der Waals surface area contributed by atoms with Crippen molar-refractivity contribution < 1.29 is 9.23 Å². The van der Waals surface area contributed by atoms with Crippen LogP contribution in [0.5, 0.6) is 0 Å². The fraction of sp³-hybridized carbons (Fsp3) is 0.739. The van der Waals surface area contributed by atoms with E-state index in [0.29, 0.717) is 48.3 Å². The lowest BCUT2D eigenvalue weighted by molar-refractivity contribution is 0.172. The molecule has 4 N–H and O–H groups in total. The number of hydrogen-bond acceptors (Lipinski definition) is 20. The van der Waals surface area contributed by atoms with Gasteiger partial charge >= 0.3 is 5.69 Å². The van der Waals surface area contributed by atoms with Crippen molar-refractivity contribution in [2.24, 2.45) is 33.2 Å². The highest BCUT2D eigenvalue weighted by Gasteiger charge is 2.31. The predicted octanol–water partition coefficient (Wildman–Crippen LogP) is 11.7. The lowest BCUT2D eigenvalue weighted by Gasteiger charge is -2.31. The fourth-order valence-electron chi connectivity index (χ4n) is 17.0. The van der Waals surface area contributed by atoms with Gasteiger partial charge in [0.25, 0.3) is 16.7 Å². The summed E-state index contributed by atoms with van der Waals surface area (Å²) in [5, 5.41) is 31.6. The van der Waals surface area contributed by atoms with Gasteiger partial charge < -0.3 is 9.09 Å². The van der Waals surface area contributed by atoms with Gasteiger partial charge in [-0.1, -0.05) is 47.3 Å². The summed E-state index contributed by atoms with van der Waals surface area (Å²) in [6.45, 7) is 77.4. The van der Waals surface area contributed by atoms with Crippen molar-refractivity contribution in [1.29, 1.82) is 0 Å². The zero-order valence-electron chi connectivity index (χ0n) is 81.0. The summed E-state index contributed by atoms with van der Waals surface area (Å²) in [6, 6.07) is 5.36. The molecule has 0 unspecified atom stereocenters. The molecule has 7 aromatic heterocycles. The van der Waals surface area contributed by atoms with Gasteiger partial charge in [-0.05, 0) is 201 Å². The molecule has 0 amide bonds. The Kier molecular flexibility index (Phi) is 43.0. The minimum Gasteiger partial charge on any atom is -0.382 e. The second-order valence-corrected chi connectivity index (χ2v) is 35.8. The summed E-state index contributed by atoms with van der Waals surface area (Å²) < 4.78 is 16.8. The normalized spacial score (nSPS) is 17.8. The fourth-order valence-corrected chi connectivity index (χ4v) is 17.0. The van der Waals surface area contributed by atoms with Gasteiger partial charge in [-0.25, -0.2) is 9.89 Å². The van der Waals surface area contributed by atoms with Crippen LogP contribution in [0.25, 0.3) is 0 Å². The van der Waals surface area contributed by atoms with E-state index in [-0.39, 0.29) is 34.5 Å². The first-order valence-corrected chi connectivity index (χ1v) is 45.7. The van der Waals surface area contributed by atoms with Crippen LogP contribution in [0.4, 0.5) is 4.70 Å². The maximum Gasteiger partial charge on any atom is 0.343 e. The summed E-state index contributed by atoms with van der Waals surface area (Å²) >= 11 is 0. The Balaban J connectivity index is 0.000000244. The summed E-state index contributed by atoms with van der Waals surface area (Å²) in [4.78, 5) is 71.6. The zero-order chi connectivity index (χ0) is 89.5. The van der Waals surface area contributed by atoms with Gasteiger partial charge in [-0.2, -0.15) is 20.5 Å². The number of nitrogens with zero attached hydrogens (tertiary/aromatic N) is 21. The second kappa shape index (κ2) is 50.0. The van der Waals surface area contributed by atoms with E-state index >= 15 is 0 Å². The monoisotopic (exact) mass is 1720 g/mol. The van der Waals surface area contributed by atoms with E-state index in [1.165, 1.54) is 84.3 Å². The van der Waals surface area contributed by atoms with Gasteiger partial charge in [0.15, 0.2) is 5.76 Å². The summed E-state index contributed by atoms with van der Waals surface area (Å²) in [5.74, 6) is 3.81. The molecule has 0 aliphatic carbocycles. The van der Waals surface area contributed by atoms with Gasteiger partial charge in [0.05, 0.1) is 60.1 Å². The number of halogens is 1. The number of hydrogen-bond donors (Lipinski definition) is 4. The third-order valence-corrected chi connectivity index (χ3v) is 25.3. The van der Waals surface area contributed by atoms with E-state index in [0.717, 1.165) is 195 Å². The number of aryl methyl sites for hydroxylation is 7. The number of aliphatic imine (C=N–C) groups is 1. The molecule has 0 saturated heterocycles. The number of H-pyrrole nitrogens is 4. The Morgan fingerprint density at radius 2 is 0.821 bits per heavy atom. The third kappa shape index (κ3) is 28.6. The minimum atomic E-state index is -0.0848. The second-order valence-electron chi connectivity index (χ2n) is 35.8. The van der Waals surface area contributed by atoms with Gasteiger partial charge in [0, 0.05) is 235 Å². The Morgan fingerprint density at radius 3 is 1.36 bits per heavy atom. The van der Waals surface area contributed by atoms with E-state index < -0.39 is 0 Å². The van der Waals surface area contributed by atoms with Crippen molar-refractivity contribution in [1.82, 2.24) is 118 Å². The highest BCUT2D eigenvalue weighted by Crippen LogP contribution is 2.28. The third-order valence-electron chi connectivity index (χ3n) is 25.3. The van der Waals surface area contributed by atoms with Gasteiger partial charge in [0.2, 0.25) is 0 Å². The standard InChI is InChI=1S/2C11H19N3.C11H18N2.2C10H17N3O.C9H16N4.C9H14N2O2.C8H14N4O.C8H15N.2C2H6.CH4.FH/c1-8(2)14-6-5-11-10(7-14)9(3)12-13(11)4;1-8(2)14-6-5-10-9(3)12-13(4)11(10)7-14;1-8(2)13-5-4-11-9(3)12-6-10(11)7-13;1-7(2)13-5-4-9-8(6-13)10(14)11-12(9)3;1-7(2)13-5-4-8-9(6-13)12(3)11-10(8)14;1-7(2)12-4-5-13-8(3)10-11-9(13)6-12;1-6(2)11-4-3-7-8(5-11)13-10-9(7)12;1-6(2)11-3-4-12-7(5-11)9-10-8(12)13;1-8(2)9-6-4-3-5-7-9;2*1-2;;/h2*8H,5-7H2,1-4H3;8H,4-7H2,1-3H3;2*7H,4-6H2,1-3H3,(H,11,14);7H,4-6H2,1-3H3;6H,3-5H2,1-2H3,(H,10,12);6H,3-5H2,1-2H3,(H,10,13);3-4,8H,5-7H2,1-2H3;2*1-2H3;1H4;1H. The van der Waals surface area contributed by atoms with Gasteiger partial charge in [0.1, 0.15) is 17.5 Å². The number of rotatable bonds is 9. The first-order chi connectivity index (χ1) is 57.4. The molecule has 10 aliphatic heterocycles. The number of fused-ring (bicyclic) bond motifs is 7. The molecule has 123 heavy (non-hydrogen) atoms. The Bertz CT molecular complexity index is 4530. The molecule has 7 aromatic rings. The van der Waals surface area contributed by atoms with E-state index in [1.807, 2.05) is 67.4 Å². The first-order valence-electron chi connectivity index (χ1n) is 45.7. The Morgan fingerprint density at radius 1 is 0.390 bits per heavy atom. The molecule has 0 fully saturated rings. The average Bonchev–Trinajstić information content (AvgIpc) is 1.67. The van der Waals surface area contributed by atoms with E-state index in [1.54, 1.807) is 15.7 Å². The molecule has 30 nitrogen and oxygen atoms in total. The lowest BCUT2D eigenvalue weighted by Crippen LogP contribution is -2.40. The largest absolute Gasteiger partial charge is 0.382 e. The SMILES string of the molecule is C.CC.CC.CC(C)N1CC=CCC1.CC(C)N1CCc2c(c(=O)[nH]n2C)C1.CC(C)N1CCc2c(n(C)[nH]c2=O)C1.CC(C)N1CCc2c(o[nH]c2=O)C1.CC(C)N1CCn2c(n[nH]c2=O)C1.CC1=NCC2=C1CCN(C(C)C)C2.Cc1nn(C)c2c1CCN(C(C)C)C2.Cc1nn(C)c2c1CN(C(C)C)CC2.Cc1nnc2n1CCN(C(C)C)C2.F. The Labute approximate surface area is 736 Å². The van der Waals surface area contributed by atoms with Crippen LogP contribution in [0.3, 0.4) is 0 Å². The molecule has 0 saturated carbocycles. The van der Waals surface area contributed by atoms with Gasteiger partial charge in [-0.3, -0.25) is 102 Å². The molecule has 0 radical (unpaired) electrons. The molecule has 0 atom stereocenters. The quantitative estimate of drug-likeness (QED) is 0.0977. The molecule has 696 valence electrons.